The minimum Gasteiger partial charge on any atom is -0.469 e. The number of esters is 1. The fraction of sp³-hybridized carbons (Fsp3) is 0.727. The molecule has 0 aliphatic heterocycles. The van der Waals surface area contributed by atoms with Gasteiger partial charge in [0, 0.05) is 12.8 Å². The first-order chi connectivity index (χ1) is 8.22. The molecule has 1 saturated carbocycles. The molecule has 0 aromatic carbocycles. The number of hydrogen-bond acceptors (Lipinski definition) is 4. The maximum Gasteiger partial charge on any atom is 0.430 e. The summed E-state index contributed by atoms with van der Waals surface area (Å²) in [7, 11) is 1.31. The van der Waals surface area contributed by atoms with Gasteiger partial charge in [0.05, 0.1) is 7.11 Å². The molecule has 0 amide bonds. The highest BCUT2D eigenvalue weighted by Crippen LogP contribution is 2.23. The third-order valence-electron chi connectivity index (χ3n) is 3.24. The van der Waals surface area contributed by atoms with Gasteiger partial charge < -0.3 is 4.74 Å². The van der Waals surface area contributed by atoms with Crippen LogP contribution >= 0.6 is 0 Å². The van der Waals surface area contributed by atoms with Crippen LogP contribution in [0.25, 0.3) is 0 Å². The number of rotatable bonds is 3. The Morgan fingerprint density at radius 2 is 2.18 bits per heavy atom. The van der Waals surface area contributed by atoms with Gasteiger partial charge in [0.15, 0.2) is 6.04 Å². The third-order valence-corrected chi connectivity index (χ3v) is 3.24. The Morgan fingerprint density at radius 1 is 1.47 bits per heavy atom. The van der Waals surface area contributed by atoms with Crippen LogP contribution < -0.4 is 10.3 Å². The fourth-order valence-electron chi connectivity index (χ4n) is 2.30. The van der Waals surface area contributed by atoms with Crippen LogP contribution in [0.15, 0.2) is 9.32 Å². The average Bonchev–Trinajstić information content (AvgIpc) is 2.72. The van der Waals surface area contributed by atoms with Crippen LogP contribution in [0.1, 0.15) is 43.8 Å². The Labute approximate surface area is 98.5 Å². The van der Waals surface area contributed by atoms with E-state index in [9.17, 15) is 9.59 Å². The van der Waals surface area contributed by atoms with E-state index in [1.165, 1.54) is 13.5 Å². The molecule has 0 bridgehead atoms. The first-order valence-electron chi connectivity index (χ1n) is 5.91. The molecule has 0 radical (unpaired) electrons. The summed E-state index contributed by atoms with van der Waals surface area (Å²) in [5.41, 5.74) is -0.135. The highest BCUT2D eigenvalue weighted by molar-refractivity contribution is 5.71. The van der Waals surface area contributed by atoms with Gasteiger partial charge in [0.1, 0.15) is 6.42 Å². The van der Waals surface area contributed by atoms with Gasteiger partial charge in [0.2, 0.25) is 0 Å². The smallest absolute Gasteiger partial charge is 0.430 e. The lowest BCUT2D eigenvalue weighted by Crippen LogP contribution is -2.47. The van der Waals surface area contributed by atoms with Crippen molar-refractivity contribution in [2.24, 2.45) is 0 Å². The lowest BCUT2D eigenvalue weighted by atomic mass is 9.95. The van der Waals surface area contributed by atoms with Crippen molar-refractivity contribution in [2.45, 2.75) is 44.6 Å². The Bertz CT molecular complexity index is 443. The maximum absolute atomic E-state index is 11.5. The van der Waals surface area contributed by atoms with Crippen LogP contribution in [0, 0.1) is 0 Å². The number of hydrogen-bond donors (Lipinski definition) is 1. The van der Waals surface area contributed by atoms with Crippen molar-refractivity contribution in [1.82, 2.24) is 5.27 Å². The van der Waals surface area contributed by atoms with E-state index in [-0.39, 0.29) is 12.5 Å². The number of methoxy groups -OCH3 is 1. The number of aromatic amines is 1. The lowest BCUT2D eigenvalue weighted by Gasteiger charge is -2.14. The molecular formula is C11H17N2O4+. The predicted molar refractivity (Wildman–Crippen MR) is 57.4 cm³/mol. The lowest BCUT2D eigenvalue weighted by molar-refractivity contribution is -0.792. The monoisotopic (exact) mass is 241 g/mol. The van der Waals surface area contributed by atoms with Gasteiger partial charge in [-0.15, -0.1) is 0 Å². The second kappa shape index (κ2) is 5.16. The first-order valence-corrected chi connectivity index (χ1v) is 5.91. The number of nitrogens with zero attached hydrogens (tertiary/aromatic N) is 1. The van der Waals surface area contributed by atoms with Crippen LogP contribution in [-0.2, 0) is 16.0 Å². The van der Waals surface area contributed by atoms with E-state index in [1.807, 2.05) is 0 Å². The van der Waals surface area contributed by atoms with E-state index < -0.39 is 11.6 Å². The number of carbonyl (C=O) groups is 1. The van der Waals surface area contributed by atoms with Crippen LogP contribution in [0.2, 0.25) is 0 Å². The van der Waals surface area contributed by atoms with E-state index in [0.717, 1.165) is 25.7 Å². The van der Waals surface area contributed by atoms with E-state index in [0.29, 0.717) is 5.69 Å². The summed E-state index contributed by atoms with van der Waals surface area (Å²) >= 11 is 0. The van der Waals surface area contributed by atoms with Crippen LogP contribution in [0.3, 0.4) is 0 Å². The molecule has 1 fully saturated rings. The molecule has 6 nitrogen and oxygen atoms in total. The predicted octanol–water partition coefficient (Wildman–Crippen LogP) is 0.476. The van der Waals surface area contributed by atoms with E-state index in [1.54, 1.807) is 4.68 Å². The summed E-state index contributed by atoms with van der Waals surface area (Å²) < 4.78 is 11.0. The van der Waals surface area contributed by atoms with Gasteiger partial charge in [-0.3, -0.25) is 9.32 Å². The molecule has 17 heavy (non-hydrogen) atoms. The highest BCUT2D eigenvalue weighted by atomic mass is 16.5. The van der Waals surface area contributed by atoms with Gasteiger partial charge in [-0.05, 0) is 18.1 Å². The van der Waals surface area contributed by atoms with Crippen LogP contribution in [-0.4, -0.2) is 18.4 Å². The quantitative estimate of drug-likeness (QED) is 0.616. The second-order valence-corrected chi connectivity index (χ2v) is 4.34. The largest absolute Gasteiger partial charge is 0.469 e. The topological polar surface area (TPSA) is 76.2 Å². The van der Waals surface area contributed by atoms with Crippen molar-refractivity contribution in [3.05, 3.63) is 16.1 Å². The third kappa shape index (κ3) is 2.57. The molecule has 94 valence electrons. The van der Waals surface area contributed by atoms with Crippen LogP contribution in [0.4, 0.5) is 0 Å². The normalized spacial score (nSPS) is 17.0. The zero-order valence-electron chi connectivity index (χ0n) is 9.90. The molecule has 2 rings (SSSR count). The minimum atomic E-state index is -0.485. The Hall–Kier alpha value is -1.59. The van der Waals surface area contributed by atoms with Gasteiger partial charge in [-0.1, -0.05) is 11.1 Å². The molecule has 1 aliphatic carbocycles. The zero-order chi connectivity index (χ0) is 12.3. The molecule has 1 heterocycles. The number of ether oxygens (including phenoxy) is 1. The van der Waals surface area contributed by atoms with Gasteiger partial charge in [0.25, 0.3) is 0 Å². The van der Waals surface area contributed by atoms with Crippen molar-refractivity contribution in [1.29, 1.82) is 0 Å². The minimum absolute atomic E-state index is 0.0428. The summed E-state index contributed by atoms with van der Waals surface area (Å²) in [6.07, 6.45) is 5.48. The van der Waals surface area contributed by atoms with Crippen molar-refractivity contribution in [3.63, 3.8) is 0 Å². The van der Waals surface area contributed by atoms with Crippen molar-refractivity contribution >= 4 is 5.97 Å². The Morgan fingerprint density at radius 3 is 2.82 bits per heavy atom. The van der Waals surface area contributed by atoms with E-state index >= 15 is 0 Å². The fourth-order valence-corrected chi connectivity index (χ4v) is 2.30. The molecule has 0 atom stereocenters. The Kier molecular flexibility index (Phi) is 3.61. The number of H-pyrrole nitrogens is 1. The van der Waals surface area contributed by atoms with Gasteiger partial charge >= 0.3 is 17.3 Å². The molecule has 6 heteroatoms. The number of nitrogens with one attached hydrogen (secondary N) is 1. The molecule has 1 aliphatic rings. The van der Waals surface area contributed by atoms with Crippen molar-refractivity contribution in [3.8, 4) is 0 Å². The highest BCUT2D eigenvalue weighted by Gasteiger charge is 2.32. The van der Waals surface area contributed by atoms with Crippen LogP contribution in [0.5, 0.6) is 0 Å². The molecule has 1 N–H and O–H groups in total. The summed E-state index contributed by atoms with van der Waals surface area (Å²) in [5.74, 6) is -0.429. The summed E-state index contributed by atoms with van der Waals surface area (Å²) in [5, 5.41) is 2.59. The first kappa shape index (κ1) is 11.9. The summed E-state index contributed by atoms with van der Waals surface area (Å²) in [6.45, 7) is 0. The summed E-state index contributed by atoms with van der Waals surface area (Å²) in [6, 6.07) is 0.231. The summed E-state index contributed by atoms with van der Waals surface area (Å²) in [4.78, 5) is 22.7. The SMILES string of the molecule is COC(=O)Cc1c(=O)o[nH][n+]1C1CCCCC1. The maximum atomic E-state index is 11.5. The molecule has 0 unspecified atom stereocenters. The molecule has 0 spiro atoms. The molecule has 1 aromatic heterocycles. The van der Waals surface area contributed by atoms with Crippen molar-refractivity contribution in [2.75, 3.05) is 7.11 Å². The average molecular weight is 241 g/mol. The molecular weight excluding hydrogens is 224 g/mol. The Balaban J connectivity index is 2.21. The number of carbonyl (C=O) groups excluding carboxylic acids is 1. The van der Waals surface area contributed by atoms with E-state index in [4.69, 9.17) is 4.52 Å². The zero-order valence-corrected chi connectivity index (χ0v) is 9.90. The molecule has 0 saturated heterocycles. The number of aromatic nitrogens is 2. The second-order valence-electron chi connectivity index (χ2n) is 4.34. The standard InChI is InChI=1S/C11H16N2O4/c1-16-10(14)7-9-11(15)17-12-13(9)8-5-3-2-4-6-8/h8H,2-7H2,1H3/p+1. The van der Waals surface area contributed by atoms with Crippen molar-refractivity contribution < 1.29 is 18.7 Å². The van der Waals surface area contributed by atoms with Gasteiger partial charge in [-0.25, -0.2) is 4.79 Å². The van der Waals surface area contributed by atoms with E-state index in [2.05, 4.69) is 10.0 Å². The molecule has 1 aromatic rings. The van der Waals surface area contributed by atoms with Gasteiger partial charge in [-0.2, -0.15) is 0 Å².